The minimum Gasteiger partial charge on any atom is -0.484 e. The number of aryl methyl sites for hydroxylation is 2. The van der Waals surface area contributed by atoms with Gasteiger partial charge in [-0.3, -0.25) is 4.79 Å². The molecule has 0 aromatic heterocycles. The molecule has 0 radical (unpaired) electrons. The van der Waals surface area contributed by atoms with Gasteiger partial charge < -0.3 is 9.64 Å². The Morgan fingerprint density at radius 2 is 1.87 bits per heavy atom. The Labute approximate surface area is 141 Å². The van der Waals surface area contributed by atoms with Crippen molar-refractivity contribution in [3.8, 4) is 5.75 Å². The Kier molecular flexibility index (Phi) is 4.87. The largest absolute Gasteiger partial charge is 0.484 e. The number of ether oxygens (including phenoxy) is 1. The summed E-state index contributed by atoms with van der Waals surface area (Å²) in [6.07, 6.45) is 3.47. The van der Waals surface area contributed by atoms with Crippen molar-refractivity contribution < 1.29 is 9.53 Å². The number of amides is 1. The van der Waals surface area contributed by atoms with Crippen molar-refractivity contribution in [2.45, 2.75) is 25.8 Å². The van der Waals surface area contributed by atoms with Crippen molar-refractivity contribution in [3.63, 3.8) is 0 Å². The molecule has 0 aliphatic heterocycles. The number of nitrogens with zero attached hydrogens (tertiary/aromatic N) is 1. The molecule has 0 unspecified atom stereocenters. The van der Waals surface area contributed by atoms with Crippen molar-refractivity contribution in [2.24, 2.45) is 0 Å². The van der Waals surface area contributed by atoms with Crippen LogP contribution in [0.25, 0.3) is 0 Å². The number of carbonyl (C=O) groups is 1. The standard InChI is InChI=1S/C19H20ClNO2/c1-21(12-14-5-8-17(20)9-6-14)19(22)13-23-18-10-7-15-3-2-4-16(15)11-18/h5-11H,2-4,12-13H2,1H3. The van der Waals surface area contributed by atoms with Gasteiger partial charge in [-0.15, -0.1) is 0 Å². The summed E-state index contributed by atoms with van der Waals surface area (Å²) in [6.45, 7) is 0.604. The monoisotopic (exact) mass is 329 g/mol. The van der Waals surface area contributed by atoms with Crippen LogP contribution in [0, 0.1) is 0 Å². The lowest BCUT2D eigenvalue weighted by Crippen LogP contribution is -2.30. The molecule has 3 nitrogen and oxygen atoms in total. The van der Waals surface area contributed by atoms with Gasteiger partial charge in [0.2, 0.25) is 0 Å². The summed E-state index contributed by atoms with van der Waals surface area (Å²) in [5.41, 5.74) is 3.80. The third kappa shape index (κ3) is 4.05. The van der Waals surface area contributed by atoms with E-state index < -0.39 is 0 Å². The lowest BCUT2D eigenvalue weighted by Gasteiger charge is -2.18. The van der Waals surface area contributed by atoms with Crippen molar-refractivity contribution in [3.05, 3.63) is 64.2 Å². The second-order valence-corrected chi connectivity index (χ2v) is 6.39. The van der Waals surface area contributed by atoms with Gasteiger partial charge in [0.1, 0.15) is 5.75 Å². The number of likely N-dealkylation sites (N-methyl/N-ethyl adjacent to an activating group) is 1. The van der Waals surface area contributed by atoms with Gasteiger partial charge in [-0.2, -0.15) is 0 Å². The van der Waals surface area contributed by atoms with E-state index in [4.69, 9.17) is 16.3 Å². The summed E-state index contributed by atoms with van der Waals surface area (Å²) in [4.78, 5) is 13.9. The van der Waals surface area contributed by atoms with E-state index in [9.17, 15) is 4.79 Å². The van der Waals surface area contributed by atoms with Crippen LogP contribution in [-0.2, 0) is 24.2 Å². The summed E-state index contributed by atoms with van der Waals surface area (Å²) in [5, 5.41) is 0.697. The zero-order chi connectivity index (χ0) is 16.2. The fourth-order valence-corrected chi connectivity index (χ4v) is 2.97. The number of fused-ring (bicyclic) bond motifs is 1. The SMILES string of the molecule is CN(Cc1ccc(Cl)cc1)C(=O)COc1ccc2c(c1)CCC2. The molecule has 2 aromatic rings. The zero-order valence-electron chi connectivity index (χ0n) is 13.2. The van der Waals surface area contributed by atoms with E-state index >= 15 is 0 Å². The van der Waals surface area contributed by atoms with Crippen LogP contribution in [0.2, 0.25) is 5.02 Å². The van der Waals surface area contributed by atoms with E-state index in [0.29, 0.717) is 11.6 Å². The van der Waals surface area contributed by atoms with Crippen LogP contribution in [0.3, 0.4) is 0 Å². The summed E-state index contributed by atoms with van der Waals surface area (Å²) < 4.78 is 5.66. The highest BCUT2D eigenvalue weighted by atomic mass is 35.5. The molecule has 1 amide bonds. The van der Waals surface area contributed by atoms with Gasteiger partial charge >= 0.3 is 0 Å². The maximum absolute atomic E-state index is 12.2. The van der Waals surface area contributed by atoms with E-state index in [1.165, 1.54) is 17.5 Å². The summed E-state index contributed by atoms with van der Waals surface area (Å²) in [5.74, 6) is 0.736. The average Bonchev–Trinajstić information content (AvgIpc) is 3.02. The third-order valence-electron chi connectivity index (χ3n) is 4.19. The Bertz CT molecular complexity index is 697. The van der Waals surface area contributed by atoms with Gasteiger partial charge in [0.25, 0.3) is 5.91 Å². The highest BCUT2D eigenvalue weighted by molar-refractivity contribution is 6.30. The minimum atomic E-state index is -0.0413. The molecule has 0 heterocycles. The van der Waals surface area contributed by atoms with Crippen molar-refractivity contribution >= 4 is 17.5 Å². The predicted molar refractivity (Wildman–Crippen MR) is 91.9 cm³/mol. The van der Waals surface area contributed by atoms with Gasteiger partial charge in [0.15, 0.2) is 6.61 Å². The van der Waals surface area contributed by atoms with E-state index in [1.807, 2.05) is 30.3 Å². The maximum atomic E-state index is 12.2. The highest BCUT2D eigenvalue weighted by Crippen LogP contribution is 2.26. The number of rotatable bonds is 5. The van der Waals surface area contributed by atoms with Gasteiger partial charge in [0.05, 0.1) is 0 Å². The molecule has 23 heavy (non-hydrogen) atoms. The number of carbonyl (C=O) groups excluding carboxylic acids is 1. The highest BCUT2D eigenvalue weighted by Gasteiger charge is 2.13. The molecule has 120 valence electrons. The Morgan fingerprint density at radius 1 is 1.13 bits per heavy atom. The quantitative estimate of drug-likeness (QED) is 0.833. The van der Waals surface area contributed by atoms with E-state index in [2.05, 4.69) is 12.1 Å². The first kappa shape index (κ1) is 15.9. The lowest BCUT2D eigenvalue weighted by atomic mass is 10.1. The van der Waals surface area contributed by atoms with Gasteiger partial charge in [-0.1, -0.05) is 29.8 Å². The molecular formula is C19H20ClNO2. The summed E-state index contributed by atoms with van der Waals surface area (Å²) >= 11 is 5.87. The molecule has 0 N–H and O–H groups in total. The van der Waals surface area contributed by atoms with Crippen LogP contribution in [-0.4, -0.2) is 24.5 Å². The van der Waals surface area contributed by atoms with E-state index in [-0.39, 0.29) is 12.5 Å². The van der Waals surface area contributed by atoms with Crippen molar-refractivity contribution in [2.75, 3.05) is 13.7 Å². The molecule has 0 bridgehead atoms. The fourth-order valence-electron chi connectivity index (χ4n) is 2.85. The molecule has 0 spiro atoms. The molecule has 0 saturated carbocycles. The Morgan fingerprint density at radius 3 is 2.65 bits per heavy atom. The first-order valence-corrected chi connectivity index (χ1v) is 8.22. The van der Waals surface area contributed by atoms with Crippen molar-refractivity contribution in [1.82, 2.24) is 4.90 Å². The minimum absolute atomic E-state index is 0.0413. The second kappa shape index (κ2) is 7.05. The fraction of sp³-hybridized carbons (Fsp3) is 0.316. The van der Waals surface area contributed by atoms with Crippen molar-refractivity contribution in [1.29, 1.82) is 0 Å². The molecule has 0 saturated heterocycles. The lowest BCUT2D eigenvalue weighted by molar-refractivity contribution is -0.132. The number of hydrogen-bond acceptors (Lipinski definition) is 2. The van der Waals surface area contributed by atoms with E-state index in [1.54, 1.807) is 11.9 Å². The molecule has 1 aliphatic carbocycles. The van der Waals surface area contributed by atoms with Crippen LogP contribution >= 0.6 is 11.6 Å². The first-order valence-electron chi connectivity index (χ1n) is 7.85. The van der Waals surface area contributed by atoms with Crippen LogP contribution < -0.4 is 4.74 Å². The topological polar surface area (TPSA) is 29.5 Å². The Balaban J connectivity index is 1.53. The molecule has 2 aromatic carbocycles. The van der Waals surface area contributed by atoms with Gasteiger partial charge in [-0.05, 0) is 60.2 Å². The smallest absolute Gasteiger partial charge is 0.260 e. The van der Waals surface area contributed by atoms with Crippen LogP contribution in [0.15, 0.2) is 42.5 Å². The molecule has 3 rings (SSSR count). The molecule has 0 atom stereocenters. The summed E-state index contributed by atoms with van der Waals surface area (Å²) in [6, 6.07) is 13.6. The number of halogens is 1. The van der Waals surface area contributed by atoms with E-state index in [0.717, 1.165) is 24.2 Å². The second-order valence-electron chi connectivity index (χ2n) is 5.95. The molecular weight excluding hydrogens is 310 g/mol. The first-order chi connectivity index (χ1) is 11.1. The molecule has 1 aliphatic rings. The Hall–Kier alpha value is -2.00. The van der Waals surface area contributed by atoms with Crippen LogP contribution in [0.1, 0.15) is 23.1 Å². The zero-order valence-corrected chi connectivity index (χ0v) is 14.0. The third-order valence-corrected chi connectivity index (χ3v) is 4.44. The van der Waals surface area contributed by atoms with Crippen LogP contribution in [0.5, 0.6) is 5.75 Å². The van der Waals surface area contributed by atoms with Gasteiger partial charge in [0, 0.05) is 18.6 Å². The normalized spacial score (nSPS) is 12.8. The number of hydrogen-bond donors (Lipinski definition) is 0. The average molecular weight is 330 g/mol. The summed E-state index contributed by atoms with van der Waals surface area (Å²) in [7, 11) is 1.78. The predicted octanol–water partition coefficient (Wildman–Crippen LogP) is 3.87. The molecule has 0 fully saturated rings. The number of benzene rings is 2. The molecule has 4 heteroatoms. The van der Waals surface area contributed by atoms with Crippen LogP contribution in [0.4, 0.5) is 0 Å². The van der Waals surface area contributed by atoms with Gasteiger partial charge in [-0.25, -0.2) is 0 Å². The maximum Gasteiger partial charge on any atom is 0.260 e.